The Morgan fingerprint density at radius 1 is 1.04 bits per heavy atom. The predicted molar refractivity (Wildman–Crippen MR) is 106 cm³/mol. The zero-order valence-electron chi connectivity index (χ0n) is 15.0. The average molecular weight is 430 g/mol. The summed E-state index contributed by atoms with van der Waals surface area (Å²) in [5.74, 6) is 0.0218. The van der Waals surface area contributed by atoms with Gasteiger partial charge < -0.3 is 18.8 Å². The highest BCUT2D eigenvalue weighted by Gasteiger charge is 2.27. The average Bonchev–Trinajstić information content (AvgIpc) is 3.19. The molecule has 6 nitrogen and oxygen atoms in total. The van der Waals surface area contributed by atoms with Crippen molar-refractivity contribution in [3.05, 3.63) is 58.4 Å². The molecule has 0 saturated carbocycles. The van der Waals surface area contributed by atoms with E-state index in [9.17, 15) is 9.59 Å². The van der Waals surface area contributed by atoms with Crippen LogP contribution < -0.4 is 0 Å². The zero-order chi connectivity index (χ0) is 19.0. The number of hydrogen-bond acceptors (Lipinski definition) is 3. The van der Waals surface area contributed by atoms with E-state index < -0.39 is 0 Å². The summed E-state index contributed by atoms with van der Waals surface area (Å²) in [6.45, 7) is 4.38. The summed E-state index contributed by atoms with van der Waals surface area (Å²) in [7, 11) is 0. The van der Waals surface area contributed by atoms with Gasteiger partial charge in [0.25, 0.3) is 5.91 Å². The summed E-state index contributed by atoms with van der Waals surface area (Å²) < 4.78 is 8.33. The first kappa shape index (κ1) is 17.9. The molecule has 0 N–H and O–H groups in total. The van der Waals surface area contributed by atoms with Gasteiger partial charge in [-0.3, -0.25) is 9.59 Å². The lowest BCUT2D eigenvalue weighted by atomic mass is 10.2. The Balaban J connectivity index is 1.65. The van der Waals surface area contributed by atoms with Crippen LogP contribution in [0.5, 0.6) is 0 Å². The van der Waals surface area contributed by atoms with Crippen molar-refractivity contribution in [2.45, 2.75) is 13.5 Å². The number of piperazine rings is 1. The van der Waals surface area contributed by atoms with Crippen LogP contribution in [0.1, 0.15) is 23.0 Å². The largest absolute Gasteiger partial charge is 0.448 e. The maximum atomic E-state index is 13.2. The number of benzene rings is 1. The van der Waals surface area contributed by atoms with E-state index >= 15 is 0 Å². The van der Waals surface area contributed by atoms with Crippen LogP contribution in [0, 0.1) is 0 Å². The lowest BCUT2D eigenvalue weighted by molar-refractivity contribution is -0.130. The van der Waals surface area contributed by atoms with E-state index in [1.54, 1.807) is 11.8 Å². The molecule has 0 aliphatic carbocycles. The Morgan fingerprint density at radius 2 is 1.70 bits per heavy atom. The van der Waals surface area contributed by atoms with Crippen LogP contribution >= 0.6 is 15.9 Å². The van der Waals surface area contributed by atoms with Crippen LogP contribution in [0.2, 0.25) is 0 Å². The molecule has 1 aliphatic heterocycles. The smallest absolute Gasteiger partial charge is 0.270 e. The van der Waals surface area contributed by atoms with Gasteiger partial charge in [0.2, 0.25) is 5.91 Å². The summed E-state index contributed by atoms with van der Waals surface area (Å²) in [6, 6.07) is 13.7. The second-order valence-electron chi connectivity index (χ2n) is 6.70. The van der Waals surface area contributed by atoms with Crippen molar-refractivity contribution in [3.8, 4) is 0 Å². The lowest BCUT2D eigenvalue weighted by Gasteiger charge is -2.34. The molecule has 140 valence electrons. The number of fused-ring (bicyclic) bond motifs is 1. The van der Waals surface area contributed by atoms with Crippen LogP contribution in [-0.2, 0) is 11.3 Å². The van der Waals surface area contributed by atoms with Gasteiger partial charge in [0.15, 0.2) is 10.3 Å². The standard InChI is InChI=1S/C20H20BrN3O3/c1-14(25)22-7-9-23(10-8-22)20(26)17-11-18-16(12-19(21)27-18)24(17)13-15-5-3-2-4-6-15/h2-6,11-12H,7-10,13H2,1H3. The van der Waals surface area contributed by atoms with E-state index in [1.807, 2.05) is 51.9 Å². The molecule has 3 aromatic rings. The first-order valence-corrected chi connectivity index (χ1v) is 9.69. The molecule has 0 radical (unpaired) electrons. The molecule has 2 amide bonds. The highest BCUT2D eigenvalue weighted by Crippen LogP contribution is 2.28. The molecule has 1 fully saturated rings. The maximum Gasteiger partial charge on any atom is 0.270 e. The second kappa shape index (κ2) is 7.23. The van der Waals surface area contributed by atoms with Gasteiger partial charge in [-0.05, 0) is 21.5 Å². The SMILES string of the molecule is CC(=O)N1CCN(C(=O)c2cc3oc(Br)cc3n2Cc2ccccc2)CC1. The second-order valence-corrected chi connectivity index (χ2v) is 7.48. The fourth-order valence-corrected chi connectivity index (χ4v) is 3.90. The number of rotatable bonds is 3. The number of amides is 2. The minimum atomic E-state index is -0.0309. The van der Waals surface area contributed by atoms with E-state index in [0.717, 1.165) is 11.1 Å². The Labute approximate surface area is 165 Å². The Kier molecular flexibility index (Phi) is 4.78. The van der Waals surface area contributed by atoms with Gasteiger partial charge >= 0.3 is 0 Å². The summed E-state index contributed by atoms with van der Waals surface area (Å²) in [5, 5.41) is 0. The highest BCUT2D eigenvalue weighted by molar-refractivity contribution is 9.10. The first-order valence-electron chi connectivity index (χ1n) is 8.90. The Morgan fingerprint density at radius 3 is 2.37 bits per heavy atom. The van der Waals surface area contributed by atoms with Crippen LogP contribution in [0.4, 0.5) is 0 Å². The number of carbonyl (C=O) groups excluding carboxylic acids is 2. The molecule has 0 bridgehead atoms. The molecule has 3 heterocycles. The third kappa shape index (κ3) is 3.51. The van der Waals surface area contributed by atoms with Crippen molar-refractivity contribution >= 4 is 38.8 Å². The molecule has 1 aliphatic rings. The van der Waals surface area contributed by atoms with E-state index in [2.05, 4.69) is 15.9 Å². The van der Waals surface area contributed by atoms with E-state index in [0.29, 0.717) is 48.7 Å². The van der Waals surface area contributed by atoms with Crippen molar-refractivity contribution in [3.63, 3.8) is 0 Å². The number of halogens is 1. The van der Waals surface area contributed by atoms with Gasteiger partial charge in [-0.15, -0.1) is 0 Å². The van der Waals surface area contributed by atoms with Gasteiger partial charge in [-0.2, -0.15) is 0 Å². The lowest BCUT2D eigenvalue weighted by Crippen LogP contribution is -2.50. The quantitative estimate of drug-likeness (QED) is 0.641. The van der Waals surface area contributed by atoms with Crippen LogP contribution in [0.3, 0.4) is 0 Å². The fourth-order valence-electron chi connectivity index (χ4n) is 3.51. The summed E-state index contributed by atoms with van der Waals surface area (Å²) >= 11 is 3.37. The fraction of sp³-hybridized carbons (Fsp3) is 0.300. The number of carbonyl (C=O) groups is 2. The summed E-state index contributed by atoms with van der Waals surface area (Å²) in [5.41, 5.74) is 3.29. The van der Waals surface area contributed by atoms with Gasteiger partial charge in [-0.1, -0.05) is 30.3 Å². The third-order valence-electron chi connectivity index (χ3n) is 4.97. The normalized spacial score (nSPS) is 14.7. The summed E-state index contributed by atoms with van der Waals surface area (Å²) in [6.07, 6.45) is 0. The van der Waals surface area contributed by atoms with E-state index in [-0.39, 0.29) is 11.8 Å². The molecule has 0 atom stereocenters. The molecule has 0 unspecified atom stereocenters. The minimum Gasteiger partial charge on any atom is -0.448 e. The van der Waals surface area contributed by atoms with Crippen molar-refractivity contribution < 1.29 is 14.0 Å². The molecule has 27 heavy (non-hydrogen) atoms. The molecular formula is C20H20BrN3O3. The van der Waals surface area contributed by atoms with E-state index in [4.69, 9.17) is 4.42 Å². The monoisotopic (exact) mass is 429 g/mol. The number of aromatic nitrogens is 1. The Hall–Kier alpha value is -2.54. The first-order chi connectivity index (χ1) is 13.0. The molecule has 1 aromatic carbocycles. The van der Waals surface area contributed by atoms with Gasteiger partial charge in [0.05, 0.1) is 5.52 Å². The van der Waals surface area contributed by atoms with Crippen LogP contribution in [-0.4, -0.2) is 52.4 Å². The van der Waals surface area contributed by atoms with Crippen molar-refractivity contribution in [1.82, 2.24) is 14.4 Å². The molecule has 4 rings (SSSR count). The zero-order valence-corrected chi connectivity index (χ0v) is 16.6. The van der Waals surface area contributed by atoms with Crippen LogP contribution in [0.15, 0.2) is 51.6 Å². The third-order valence-corrected chi connectivity index (χ3v) is 5.37. The van der Waals surface area contributed by atoms with Gasteiger partial charge in [0, 0.05) is 51.8 Å². The summed E-state index contributed by atoms with van der Waals surface area (Å²) in [4.78, 5) is 28.3. The van der Waals surface area contributed by atoms with Crippen molar-refractivity contribution in [2.24, 2.45) is 0 Å². The van der Waals surface area contributed by atoms with Gasteiger partial charge in [-0.25, -0.2) is 0 Å². The van der Waals surface area contributed by atoms with Crippen LogP contribution in [0.25, 0.3) is 11.1 Å². The number of hydrogen-bond donors (Lipinski definition) is 0. The molecule has 2 aromatic heterocycles. The maximum absolute atomic E-state index is 13.2. The molecule has 7 heteroatoms. The van der Waals surface area contributed by atoms with E-state index in [1.165, 1.54) is 0 Å². The number of nitrogens with zero attached hydrogens (tertiary/aromatic N) is 3. The van der Waals surface area contributed by atoms with Crippen molar-refractivity contribution in [1.29, 1.82) is 0 Å². The predicted octanol–water partition coefficient (Wildman–Crippen LogP) is 3.35. The molecule has 1 saturated heterocycles. The highest BCUT2D eigenvalue weighted by atomic mass is 79.9. The van der Waals surface area contributed by atoms with Crippen molar-refractivity contribution in [2.75, 3.05) is 26.2 Å². The minimum absolute atomic E-state index is 0.0309. The topological polar surface area (TPSA) is 58.7 Å². The molecular weight excluding hydrogens is 410 g/mol. The Bertz CT molecular complexity index is 985. The molecule has 0 spiro atoms. The number of furan rings is 1. The van der Waals surface area contributed by atoms with Gasteiger partial charge in [0.1, 0.15) is 5.69 Å².